The molecule has 0 heterocycles. The molecule has 0 aliphatic rings. The van der Waals surface area contributed by atoms with Crippen molar-refractivity contribution in [3.05, 3.63) is 126 Å². The molecule has 2 heteroatoms. The van der Waals surface area contributed by atoms with E-state index in [9.17, 15) is 0 Å². The number of para-hydroxylation sites is 2. The molecule has 2 nitrogen and oxygen atoms in total. The summed E-state index contributed by atoms with van der Waals surface area (Å²) >= 11 is 0. The first-order valence-corrected chi connectivity index (χ1v) is 9.52. The topological polar surface area (TPSA) is 12.5 Å². The first kappa shape index (κ1) is 17.9. The van der Waals surface area contributed by atoms with E-state index >= 15 is 0 Å². The van der Waals surface area contributed by atoms with E-state index < -0.39 is 0 Å². The molecule has 4 aromatic carbocycles. The normalized spacial score (nSPS) is 10.4. The quantitative estimate of drug-likeness (QED) is 0.366. The lowest BCUT2D eigenvalue weighted by Gasteiger charge is -2.25. The molecule has 0 saturated carbocycles. The summed E-state index contributed by atoms with van der Waals surface area (Å²) in [5.41, 5.74) is 4.77. The number of hydrogen-bond donors (Lipinski definition) is 0. The molecule has 0 spiro atoms. The minimum atomic E-state index is 0.584. The molecular formula is C26H23NO. The number of rotatable bonds is 7. The molecule has 4 rings (SSSR count). The van der Waals surface area contributed by atoms with Crippen molar-refractivity contribution >= 4 is 11.4 Å². The van der Waals surface area contributed by atoms with Crippen molar-refractivity contribution in [2.24, 2.45) is 0 Å². The molecule has 0 aliphatic heterocycles. The van der Waals surface area contributed by atoms with Crippen LogP contribution in [0.15, 0.2) is 115 Å². The Bertz CT molecular complexity index is 928. The van der Waals surface area contributed by atoms with Gasteiger partial charge in [0, 0.05) is 17.9 Å². The van der Waals surface area contributed by atoms with Crippen LogP contribution >= 0.6 is 0 Å². The third kappa shape index (κ3) is 4.60. The molecule has 0 aliphatic carbocycles. The summed E-state index contributed by atoms with van der Waals surface area (Å²) < 4.78 is 5.91. The van der Waals surface area contributed by atoms with Gasteiger partial charge in [0.1, 0.15) is 12.4 Å². The second kappa shape index (κ2) is 8.92. The Kier molecular flexibility index (Phi) is 5.69. The van der Waals surface area contributed by atoms with Gasteiger partial charge < -0.3 is 9.64 Å². The van der Waals surface area contributed by atoms with E-state index in [2.05, 4.69) is 77.7 Å². The minimum Gasteiger partial charge on any atom is -0.489 e. The Balaban J connectivity index is 1.48. The maximum absolute atomic E-state index is 5.91. The predicted molar refractivity (Wildman–Crippen MR) is 116 cm³/mol. The fourth-order valence-corrected chi connectivity index (χ4v) is 3.16. The van der Waals surface area contributed by atoms with Gasteiger partial charge in [-0.25, -0.2) is 0 Å². The van der Waals surface area contributed by atoms with Gasteiger partial charge in [0.05, 0.1) is 0 Å². The van der Waals surface area contributed by atoms with Crippen molar-refractivity contribution in [3.63, 3.8) is 0 Å². The third-order valence-corrected chi connectivity index (χ3v) is 4.65. The van der Waals surface area contributed by atoms with Crippen molar-refractivity contribution in [3.8, 4) is 5.75 Å². The van der Waals surface area contributed by atoms with Gasteiger partial charge in [0.2, 0.25) is 0 Å². The molecule has 0 saturated heterocycles. The van der Waals surface area contributed by atoms with Crippen molar-refractivity contribution in [1.82, 2.24) is 0 Å². The van der Waals surface area contributed by atoms with Crippen molar-refractivity contribution in [1.29, 1.82) is 0 Å². The van der Waals surface area contributed by atoms with E-state index in [0.29, 0.717) is 6.61 Å². The van der Waals surface area contributed by atoms with Crippen molar-refractivity contribution in [2.75, 3.05) is 4.90 Å². The lowest BCUT2D eigenvalue weighted by atomic mass is 10.1. The third-order valence-electron chi connectivity index (χ3n) is 4.65. The molecular weight excluding hydrogens is 342 g/mol. The first-order chi connectivity index (χ1) is 13.9. The Labute approximate surface area is 166 Å². The van der Waals surface area contributed by atoms with Crippen molar-refractivity contribution in [2.45, 2.75) is 13.2 Å². The van der Waals surface area contributed by atoms with Gasteiger partial charge in [-0.05, 0) is 47.5 Å². The predicted octanol–water partition coefficient (Wildman–Crippen LogP) is 6.60. The highest BCUT2D eigenvalue weighted by Gasteiger charge is 2.09. The maximum Gasteiger partial charge on any atom is 0.119 e. The van der Waals surface area contributed by atoms with E-state index in [1.54, 1.807) is 0 Å². The van der Waals surface area contributed by atoms with Crippen LogP contribution in [0, 0.1) is 0 Å². The van der Waals surface area contributed by atoms with Gasteiger partial charge in [0.15, 0.2) is 0 Å². The molecule has 0 atom stereocenters. The molecule has 0 bridgehead atoms. The van der Waals surface area contributed by atoms with E-state index in [4.69, 9.17) is 4.74 Å². The van der Waals surface area contributed by atoms with E-state index in [-0.39, 0.29) is 0 Å². The van der Waals surface area contributed by atoms with Gasteiger partial charge in [-0.15, -0.1) is 0 Å². The second-order valence-electron chi connectivity index (χ2n) is 6.68. The Morgan fingerprint density at radius 1 is 0.500 bits per heavy atom. The second-order valence-corrected chi connectivity index (χ2v) is 6.68. The van der Waals surface area contributed by atoms with Gasteiger partial charge in [-0.2, -0.15) is 0 Å². The molecule has 0 aromatic heterocycles. The largest absolute Gasteiger partial charge is 0.489 e. The molecule has 0 N–H and O–H groups in total. The zero-order valence-corrected chi connectivity index (χ0v) is 15.7. The van der Waals surface area contributed by atoms with Crippen LogP contribution in [0.2, 0.25) is 0 Å². The zero-order chi connectivity index (χ0) is 19.0. The Hall–Kier alpha value is -3.52. The molecule has 0 amide bonds. The lowest BCUT2D eigenvalue weighted by molar-refractivity contribution is 0.306. The number of anilines is 2. The number of hydrogen-bond acceptors (Lipinski definition) is 2. The summed E-state index contributed by atoms with van der Waals surface area (Å²) in [5.74, 6) is 0.888. The molecule has 0 fully saturated rings. The molecule has 4 aromatic rings. The average Bonchev–Trinajstić information content (AvgIpc) is 2.79. The fourth-order valence-electron chi connectivity index (χ4n) is 3.16. The summed E-state index contributed by atoms with van der Waals surface area (Å²) in [6.07, 6.45) is 0. The fraction of sp³-hybridized carbons (Fsp3) is 0.0769. The highest BCUT2D eigenvalue weighted by molar-refractivity contribution is 5.63. The summed E-state index contributed by atoms with van der Waals surface area (Å²) in [6.45, 7) is 1.38. The molecule has 28 heavy (non-hydrogen) atoms. The standard InChI is InChI=1S/C26H23NO/c1-4-10-23(11-5-1)21-28-26-18-16-22(17-19-26)20-27(24-12-6-2-7-13-24)25-14-8-3-9-15-25/h1-19H,20-21H2. The SMILES string of the molecule is c1ccc(COc2ccc(CN(c3ccccc3)c3ccccc3)cc2)cc1. The monoisotopic (exact) mass is 365 g/mol. The van der Waals surface area contributed by atoms with Crippen LogP contribution in [0.3, 0.4) is 0 Å². The smallest absolute Gasteiger partial charge is 0.119 e. The number of nitrogens with zero attached hydrogens (tertiary/aromatic N) is 1. The van der Waals surface area contributed by atoms with Crippen LogP contribution < -0.4 is 9.64 Å². The molecule has 0 unspecified atom stereocenters. The van der Waals surface area contributed by atoms with Gasteiger partial charge in [-0.3, -0.25) is 0 Å². The summed E-state index contributed by atoms with van der Waals surface area (Å²) in [6, 6.07) is 39.6. The molecule has 0 radical (unpaired) electrons. The van der Waals surface area contributed by atoms with E-state index in [0.717, 1.165) is 12.3 Å². The number of ether oxygens (including phenoxy) is 1. The Morgan fingerprint density at radius 2 is 1.00 bits per heavy atom. The van der Waals surface area contributed by atoms with Crippen LogP contribution in [0.5, 0.6) is 5.75 Å². The van der Waals surface area contributed by atoms with Gasteiger partial charge >= 0.3 is 0 Å². The van der Waals surface area contributed by atoms with E-state index in [1.807, 2.05) is 42.5 Å². The molecule has 138 valence electrons. The minimum absolute atomic E-state index is 0.584. The van der Waals surface area contributed by atoms with Crippen molar-refractivity contribution < 1.29 is 4.74 Å². The van der Waals surface area contributed by atoms with Crippen LogP contribution in [0.1, 0.15) is 11.1 Å². The lowest BCUT2D eigenvalue weighted by Crippen LogP contribution is -2.16. The summed E-state index contributed by atoms with van der Waals surface area (Å²) in [7, 11) is 0. The van der Waals surface area contributed by atoms with Crippen LogP contribution in [-0.2, 0) is 13.2 Å². The van der Waals surface area contributed by atoms with E-state index in [1.165, 1.54) is 22.5 Å². The highest BCUT2D eigenvalue weighted by atomic mass is 16.5. The maximum atomic E-state index is 5.91. The zero-order valence-electron chi connectivity index (χ0n) is 15.7. The number of benzene rings is 4. The summed E-state index contributed by atoms with van der Waals surface area (Å²) in [4.78, 5) is 2.32. The van der Waals surface area contributed by atoms with Gasteiger partial charge in [0.25, 0.3) is 0 Å². The average molecular weight is 365 g/mol. The van der Waals surface area contributed by atoms with Crippen LogP contribution in [-0.4, -0.2) is 0 Å². The van der Waals surface area contributed by atoms with Crippen LogP contribution in [0.25, 0.3) is 0 Å². The van der Waals surface area contributed by atoms with Crippen LogP contribution in [0.4, 0.5) is 11.4 Å². The first-order valence-electron chi connectivity index (χ1n) is 9.52. The van der Waals surface area contributed by atoms with Gasteiger partial charge in [-0.1, -0.05) is 78.9 Å². The summed E-state index contributed by atoms with van der Waals surface area (Å²) in [5, 5.41) is 0. The highest BCUT2D eigenvalue weighted by Crippen LogP contribution is 2.27. The Morgan fingerprint density at radius 3 is 1.54 bits per heavy atom.